The first-order chi connectivity index (χ1) is 15.9. The number of oxazole rings is 1. The van der Waals surface area contributed by atoms with Crippen molar-refractivity contribution in [3.63, 3.8) is 0 Å². The van der Waals surface area contributed by atoms with Gasteiger partial charge in [0.2, 0.25) is 11.1 Å². The Labute approximate surface area is 200 Å². The van der Waals surface area contributed by atoms with E-state index < -0.39 is 22.4 Å². The number of aryl methyl sites for hydroxylation is 2. The molecule has 1 aliphatic rings. The number of rotatable bonds is 12. The number of unbranched alkanes of at least 4 members (excludes halogenated alkanes) is 2. The second-order valence-electron chi connectivity index (χ2n) is 9.22. The Kier molecular flexibility index (Phi) is 9.83. The molecule has 0 bridgehead atoms. The van der Waals surface area contributed by atoms with Crippen molar-refractivity contribution >= 4 is 17.1 Å². The van der Waals surface area contributed by atoms with Crippen molar-refractivity contribution in [3.05, 3.63) is 41.3 Å². The minimum Gasteiger partial charge on any atom is -0.616 e. The number of aliphatic carboxylic acids is 1. The summed E-state index contributed by atoms with van der Waals surface area (Å²) in [6.45, 7) is 6.42. The predicted molar refractivity (Wildman–Crippen MR) is 131 cm³/mol. The highest BCUT2D eigenvalue weighted by Gasteiger charge is 2.34. The van der Waals surface area contributed by atoms with E-state index in [2.05, 4.69) is 11.9 Å². The molecule has 6 nitrogen and oxygen atoms in total. The maximum Gasteiger partial charge on any atom is 0.357 e. The monoisotopic (exact) mass is 475 g/mol. The molecule has 3 rings (SSSR count). The molecule has 1 aromatic carbocycles. The van der Waals surface area contributed by atoms with Crippen LogP contribution in [0.4, 0.5) is 0 Å². The number of hydrogen-bond donors (Lipinski definition) is 1. The molecule has 0 spiro atoms. The van der Waals surface area contributed by atoms with E-state index in [0.29, 0.717) is 24.7 Å². The Morgan fingerprint density at radius 1 is 1.27 bits per heavy atom. The van der Waals surface area contributed by atoms with Crippen molar-refractivity contribution in [2.75, 3.05) is 5.75 Å². The van der Waals surface area contributed by atoms with Crippen LogP contribution in [0.15, 0.2) is 28.7 Å². The largest absolute Gasteiger partial charge is 0.616 e. The molecule has 1 aromatic heterocycles. The summed E-state index contributed by atoms with van der Waals surface area (Å²) in [7, 11) is 0. The molecule has 0 aliphatic heterocycles. The van der Waals surface area contributed by atoms with Crippen molar-refractivity contribution in [2.24, 2.45) is 5.92 Å². The fourth-order valence-corrected chi connectivity index (χ4v) is 6.07. The summed E-state index contributed by atoms with van der Waals surface area (Å²) in [6.07, 6.45) is 7.15. The van der Waals surface area contributed by atoms with Crippen LogP contribution in [0.3, 0.4) is 0 Å². The summed E-state index contributed by atoms with van der Waals surface area (Å²) >= 11 is -1.35. The summed E-state index contributed by atoms with van der Waals surface area (Å²) < 4.78 is 24.8. The molecule has 1 saturated carbocycles. The second kappa shape index (κ2) is 12.6. The molecule has 1 aliphatic carbocycles. The minimum atomic E-state index is -1.35. The van der Waals surface area contributed by atoms with E-state index in [1.54, 1.807) is 0 Å². The molecule has 1 N–H and O–H groups in total. The van der Waals surface area contributed by atoms with Gasteiger partial charge in [-0.25, -0.2) is 9.78 Å². The molecular weight excluding hydrogens is 438 g/mol. The fourth-order valence-electron chi connectivity index (χ4n) is 4.42. The molecular formula is C26H37NO5S. The van der Waals surface area contributed by atoms with Gasteiger partial charge in [0, 0.05) is 17.9 Å². The van der Waals surface area contributed by atoms with Crippen molar-refractivity contribution < 1.29 is 23.6 Å². The third kappa shape index (κ3) is 7.59. The van der Waals surface area contributed by atoms with E-state index in [1.165, 1.54) is 5.56 Å². The summed E-state index contributed by atoms with van der Waals surface area (Å²) in [4.78, 5) is 16.3. The van der Waals surface area contributed by atoms with Crippen LogP contribution in [0, 0.1) is 19.8 Å². The Morgan fingerprint density at radius 2 is 2.03 bits per heavy atom. The highest BCUT2D eigenvalue weighted by atomic mass is 32.2. The van der Waals surface area contributed by atoms with Crippen LogP contribution >= 0.6 is 0 Å². The molecule has 2 unspecified atom stereocenters. The Bertz CT molecular complexity index is 881. The van der Waals surface area contributed by atoms with Crippen LogP contribution in [-0.4, -0.2) is 37.7 Å². The lowest BCUT2D eigenvalue weighted by molar-refractivity contribution is -0.136. The lowest BCUT2D eigenvalue weighted by Crippen LogP contribution is -2.36. The number of carbonyl (C=O) groups is 1. The standard InChI is InChI=1S/C26H37NO5S/c1-4-5-6-10-24(26(28)29)33(30)17-20-8-7-9-22(15-20)31-16-23-19(3)32-25(27-23)21-13-11-18(2)12-14-21/h11-14,20,22,24H,4-10,15-17H2,1-3H3,(H,28,29)/t20-,22+,24?,33?/m0/s1. The first-order valence-electron chi connectivity index (χ1n) is 12.1. The normalized spacial score (nSPS) is 20.5. The van der Waals surface area contributed by atoms with E-state index in [9.17, 15) is 14.5 Å². The van der Waals surface area contributed by atoms with Gasteiger partial charge in [-0.1, -0.05) is 43.9 Å². The number of carboxylic acid groups (broad SMARTS) is 1. The zero-order valence-electron chi connectivity index (χ0n) is 20.0. The molecule has 0 amide bonds. The van der Waals surface area contributed by atoms with Gasteiger partial charge in [0.1, 0.15) is 17.2 Å². The molecule has 0 saturated heterocycles. The van der Waals surface area contributed by atoms with Gasteiger partial charge in [0.05, 0.1) is 12.7 Å². The van der Waals surface area contributed by atoms with E-state index >= 15 is 0 Å². The lowest BCUT2D eigenvalue weighted by atomic mass is 9.88. The highest BCUT2D eigenvalue weighted by Crippen LogP contribution is 2.30. The zero-order chi connectivity index (χ0) is 23.8. The van der Waals surface area contributed by atoms with Gasteiger partial charge in [-0.2, -0.15) is 0 Å². The van der Waals surface area contributed by atoms with Crippen molar-refractivity contribution in [1.29, 1.82) is 0 Å². The van der Waals surface area contributed by atoms with E-state index in [4.69, 9.17) is 9.15 Å². The van der Waals surface area contributed by atoms with Gasteiger partial charge in [-0.15, -0.1) is 0 Å². The number of aromatic nitrogens is 1. The van der Waals surface area contributed by atoms with Gasteiger partial charge in [0.25, 0.3) is 0 Å². The summed E-state index contributed by atoms with van der Waals surface area (Å²) in [5.74, 6) is 1.11. The van der Waals surface area contributed by atoms with E-state index in [-0.39, 0.29) is 12.0 Å². The Balaban J connectivity index is 1.51. The maximum atomic E-state index is 12.8. The summed E-state index contributed by atoms with van der Waals surface area (Å²) in [6, 6.07) is 8.08. The van der Waals surface area contributed by atoms with Crippen molar-refractivity contribution in [2.45, 2.75) is 90.1 Å². The topological polar surface area (TPSA) is 95.6 Å². The quantitative estimate of drug-likeness (QED) is 0.307. The summed E-state index contributed by atoms with van der Waals surface area (Å²) in [5.41, 5.74) is 2.94. The molecule has 4 atom stereocenters. The fraction of sp³-hybridized carbons (Fsp3) is 0.615. The van der Waals surface area contributed by atoms with Crippen molar-refractivity contribution in [1.82, 2.24) is 4.98 Å². The minimum absolute atomic E-state index is 0.0723. The van der Waals surface area contributed by atoms with Crippen LogP contribution in [-0.2, 0) is 27.3 Å². The molecule has 33 heavy (non-hydrogen) atoms. The number of nitrogens with zero attached hydrogens (tertiary/aromatic N) is 1. The summed E-state index contributed by atoms with van der Waals surface area (Å²) in [5, 5.41) is 8.77. The zero-order valence-corrected chi connectivity index (χ0v) is 20.9. The average molecular weight is 476 g/mol. The SMILES string of the molecule is CCCCCC(C(=O)O)[S+]([O-])C[C@H]1CCC[C@@H](OCc2nc(-c3ccc(C)cc3)oc2C)C1. The number of ether oxygens (including phenoxy) is 1. The van der Waals surface area contributed by atoms with Crippen molar-refractivity contribution in [3.8, 4) is 11.5 Å². The molecule has 1 fully saturated rings. The van der Waals surface area contributed by atoms with Gasteiger partial charge in [-0.3, -0.25) is 0 Å². The average Bonchev–Trinajstić information content (AvgIpc) is 3.16. The molecule has 0 radical (unpaired) electrons. The maximum absolute atomic E-state index is 12.8. The van der Waals surface area contributed by atoms with E-state index in [1.807, 2.05) is 38.1 Å². The first kappa shape index (κ1) is 25.8. The van der Waals surface area contributed by atoms with Gasteiger partial charge >= 0.3 is 5.97 Å². The van der Waals surface area contributed by atoms with Crippen LogP contribution in [0.25, 0.3) is 11.5 Å². The number of carboxylic acids is 1. The van der Waals surface area contributed by atoms with Crippen LogP contribution in [0.2, 0.25) is 0 Å². The first-order valence-corrected chi connectivity index (χ1v) is 13.5. The molecule has 2 aromatic rings. The van der Waals surface area contributed by atoms with Crippen LogP contribution < -0.4 is 0 Å². The van der Waals surface area contributed by atoms with Gasteiger partial charge in [0.15, 0.2) is 0 Å². The van der Waals surface area contributed by atoms with Gasteiger partial charge < -0.3 is 18.8 Å². The molecule has 1 heterocycles. The van der Waals surface area contributed by atoms with Crippen LogP contribution in [0.1, 0.15) is 75.3 Å². The lowest BCUT2D eigenvalue weighted by Gasteiger charge is -2.30. The van der Waals surface area contributed by atoms with E-state index in [0.717, 1.165) is 62.0 Å². The highest BCUT2D eigenvalue weighted by molar-refractivity contribution is 7.92. The smallest absolute Gasteiger partial charge is 0.357 e. The third-order valence-corrected chi connectivity index (χ3v) is 8.32. The van der Waals surface area contributed by atoms with Gasteiger partial charge in [-0.05, 0) is 62.8 Å². The third-order valence-electron chi connectivity index (χ3n) is 6.44. The van der Waals surface area contributed by atoms with Crippen LogP contribution in [0.5, 0.6) is 0 Å². The molecule has 7 heteroatoms. The number of hydrogen-bond acceptors (Lipinski definition) is 5. The second-order valence-corrected chi connectivity index (χ2v) is 10.9. The number of benzene rings is 1. The molecule has 182 valence electrons. The Morgan fingerprint density at radius 3 is 2.73 bits per heavy atom. The predicted octanol–water partition coefficient (Wildman–Crippen LogP) is 5.82. The Hall–Kier alpha value is -1.83.